The smallest absolute Gasteiger partial charge is 0.264 e. The van der Waals surface area contributed by atoms with Crippen molar-refractivity contribution in [3.8, 4) is 12.3 Å². The Balaban J connectivity index is 2.24. The predicted octanol–water partition coefficient (Wildman–Crippen LogP) is 0.681. The third-order valence-electron chi connectivity index (χ3n) is 1.37. The van der Waals surface area contributed by atoms with Crippen LogP contribution in [0.1, 0.15) is 22.5 Å². The number of hydrogen-bond donors (Lipinski definition) is 1. The van der Waals surface area contributed by atoms with Gasteiger partial charge in [-0.1, -0.05) is 4.49 Å². The molecule has 0 saturated heterocycles. The van der Waals surface area contributed by atoms with E-state index < -0.39 is 0 Å². The summed E-state index contributed by atoms with van der Waals surface area (Å²) in [6.45, 7) is 0.598. The van der Waals surface area contributed by atoms with Crippen molar-refractivity contribution in [3.63, 3.8) is 0 Å². The van der Waals surface area contributed by atoms with E-state index in [2.05, 4.69) is 20.8 Å². The molecular formula is C8H9N3OS. The van der Waals surface area contributed by atoms with Gasteiger partial charge in [0.05, 0.1) is 6.20 Å². The zero-order chi connectivity index (χ0) is 9.52. The van der Waals surface area contributed by atoms with Crippen molar-refractivity contribution in [2.45, 2.75) is 12.8 Å². The summed E-state index contributed by atoms with van der Waals surface area (Å²) in [5.74, 6) is 2.37. The van der Waals surface area contributed by atoms with Crippen LogP contribution in [0, 0.1) is 12.3 Å². The second-order valence-electron chi connectivity index (χ2n) is 2.35. The number of aromatic nitrogens is 2. The molecule has 0 aliphatic carbocycles. The van der Waals surface area contributed by atoms with Gasteiger partial charge in [0, 0.05) is 13.0 Å². The summed E-state index contributed by atoms with van der Waals surface area (Å²) in [6, 6.07) is 0. The Labute approximate surface area is 80.5 Å². The topological polar surface area (TPSA) is 54.9 Å². The Bertz CT molecular complexity index is 302. The van der Waals surface area contributed by atoms with Crippen LogP contribution in [0.5, 0.6) is 0 Å². The normalized spacial score (nSPS) is 9.15. The third kappa shape index (κ3) is 3.22. The molecule has 0 aliphatic rings. The van der Waals surface area contributed by atoms with E-state index in [1.165, 1.54) is 6.20 Å². The monoisotopic (exact) mass is 195 g/mol. The second-order valence-corrected chi connectivity index (χ2v) is 3.13. The van der Waals surface area contributed by atoms with E-state index in [9.17, 15) is 4.79 Å². The molecular weight excluding hydrogens is 186 g/mol. The number of unbranched alkanes of at least 4 members (excludes halogenated alkanes) is 1. The first kappa shape index (κ1) is 9.68. The lowest BCUT2D eigenvalue weighted by Crippen LogP contribution is -2.23. The van der Waals surface area contributed by atoms with Crippen molar-refractivity contribution in [1.82, 2.24) is 14.9 Å². The highest BCUT2D eigenvalue weighted by Crippen LogP contribution is 2.00. The Kier molecular flexibility index (Phi) is 3.93. The van der Waals surface area contributed by atoms with Crippen LogP contribution in [0.3, 0.4) is 0 Å². The molecule has 0 atom stereocenters. The van der Waals surface area contributed by atoms with Crippen LogP contribution in [-0.4, -0.2) is 22.0 Å². The van der Waals surface area contributed by atoms with E-state index in [1.54, 1.807) is 0 Å². The van der Waals surface area contributed by atoms with Crippen molar-refractivity contribution in [3.05, 3.63) is 11.1 Å². The average molecular weight is 195 g/mol. The van der Waals surface area contributed by atoms with Gasteiger partial charge >= 0.3 is 0 Å². The van der Waals surface area contributed by atoms with Crippen molar-refractivity contribution >= 4 is 17.4 Å². The van der Waals surface area contributed by atoms with Crippen LogP contribution in [0.25, 0.3) is 0 Å². The van der Waals surface area contributed by atoms with Crippen LogP contribution in [0.15, 0.2) is 6.20 Å². The molecule has 4 nitrogen and oxygen atoms in total. The van der Waals surface area contributed by atoms with Gasteiger partial charge in [0.1, 0.15) is 4.88 Å². The zero-order valence-electron chi connectivity index (χ0n) is 6.99. The number of terminal acetylenes is 1. The summed E-state index contributed by atoms with van der Waals surface area (Å²) in [5, 5.41) is 6.28. The molecule has 5 heteroatoms. The van der Waals surface area contributed by atoms with Crippen molar-refractivity contribution in [2.24, 2.45) is 0 Å². The average Bonchev–Trinajstić information content (AvgIpc) is 2.65. The highest BCUT2D eigenvalue weighted by Gasteiger charge is 2.06. The SMILES string of the molecule is C#CCCCNC(=O)c1cnns1. The maximum Gasteiger partial charge on any atom is 0.264 e. The lowest BCUT2D eigenvalue weighted by Gasteiger charge is -1.99. The van der Waals surface area contributed by atoms with Gasteiger partial charge < -0.3 is 5.32 Å². The fraction of sp³-hybridized carbons (Fsp3) is 0.375. The van der Waals surface area contributed by atoms with E-state index in [0.29, 0.717) is 17.8 Å². The molecule has 1 amide bonds. The minimum atomic E-state index is -0.132. The van der Waals surface area contributed by atoms with Gasteiger partial charge in [0.15, 0.2) is 0 Å². The highest BCUT2D eigenvalue weighted by molar-refractivity contribution is 7.07. The summed E-state index contributed by atoms with van der Waals surface area (Å²) in [7, 11) is 0. The molecule has 13 heavy (non-hydrogen) atoms. The molecule has 1 aromatic heterocycles. The molecule has 1 aromatic rings. The molecule has 0 bridgehead atoms. The van der Waals surface area contributed by atoms with E-state index in [1.807, 2.05) is 0 Å². The van der Waals surface area contributed by atoms with Crippen molar-refractivity contribution in [2.75, 3.05) is 6.54 Å². The molecule has 1 heterocycles. The summed E-state index contributed by atoms with van der Waals surface area (Å²) in [6.07, 6.45) is 7.99. The maximum absolute atomic E-state index is 11.2. The van der Waals surface area contributed by atoms with E-state index in [0.717, 1.165) is 18.0 Å². The fourth-order valence-corrected chi connectivity index (χ4v) is 1.18. The summed E-state index contributed by atoms with van der Waals surface area (Å²) < 4.78 is 3.59. The summed E-state index contributed by atoms with van der Waals surface area (Å²) in [4.78, 5) is 11.8. The van der Waals surface area contributed by atoms with Crippen LogP contribution in [0.4, 0.5) is 0 Å². The highest BCUT2D eigenvalue weighted by atomic mass is 32.1. The molecule has 0 aliphatic heterocycles. The molecule has 0 aromatic carbocycles. The van der Waals surface area contributed by atoms with Gasteiger partial charge in [-0.15, -0.1) is 17.4 Å². The van der Waals surface area contributed by atoms with E-state index in [4.69, 9.17) is 6.42 Å². The van der Waals surface area contributed by atoms with E-state index in [-0.39, 0.29) is 5.91 Å². The van der Waals surface area contributed by atoms with Crippen LogP contribution >= 0.6 is 11.5 Å². The third-order valence-corrected chi connectivity index (χ3v) is 2.03. The lowest BCUT2D eigenvalue weighted by molar-refractivity contribution is 0.0957. The van der Waals surface area contributed by atoms with E-state index >= 15 is 0 Å². The number of carbonyl (C=O) groups is 1. The maximum atomic E-state index is 11.2. The minimum absolute atomic E-state index is 0.132. The number of nitrogens with zero attached hydrogens (tertiary/aromatic N) is 2. The molecule has 1 N–H and O–H groups in total. The number of rotatable bonds is 4. The van der Waals surface area contributed by atoms with Gasteiger partial charge in [-0.3, -0.25) is 4.79 Å². The number of hydrogen-bond acceptors (Lipinski definition) is 4. The largest absolute Gasteiger partial charge is 0.351 e. The molecule has 1 rings (SSSR count). The first-order chi connectivity index (χ1) is 6.34. The second kappa shape index (κ2) is 5.27. The quantitative estimate of drug-likeness (QED) is 0.568. The zero-order valence-corrected chi connectivity index (χ0v) is 7.80. The van der Waals surface area contributed by atoms with Gasteiger partial charge in [-0.2, -0.15) is 0 Å². The van der Waals surface area contributed by atoms with Crippen LogP contribution < -0.4 is 5.32 Å². The fourth-order valence-electron chi connectivity index (χ4n) is 0.747. The Morgan fingerprint density at radius 1 is 1.77 bits per heavy atom. The molecule has 0 unspecified atom stereocenters. The minimum Gasteiger partial charge on any atom is -0.351 e. The molecule has 0 saturated carbocycles. The molecule has 0 fully saturated rings. The van der Waals surface area contributed by atoms with Gasteiger partial charge in [-0.05, 0) is 18.0 Å². The Morgan fingerprint density at radius 3 is 3.23 bits per heavy atom. The summed E-state index contributed by atoms with van der Waals surface area (Å²) >= 11 is 1.08. The first-order valence-electron chi connectivity index (χ1n) is 3.83. The standard InChI is InChI=1S/C8H9N3OS/c1-2-3-4-5-9-8(12)7-6-10-11-13-7/h1,6H,3-5H2,(H,9,12). The van der Waals surface area contributed by atoms with Crippen LogP contribution in [0.2, 0.25) is 0 Å². The predicted molar refractivity (Wildman–Crippen MR) is 50.3 cm³/mol. The Hall–Kier alpha value is -1.41. The number of carbonyl (C=O) groups excluding carboxylic acids is 1. The lowest BCUT2D eigenvalue weighted by atomic mass is 10.3. The Morgan fingerprint density at radius 2 is 2.62 bits per heavy atom. The molecule has 0 spiro atoms. The van der Waals surface area contributed by atoms with Crippen molar-refractivity contribution < 1.29 is 4.79 Å². The van der Waals surface area contributed by atoms with Gasteiger partial charge in [0.2, 0.25) is 0 Å². The summed E-state index contributed by atoms with van der Waals surface area (Å²) in [5.41, 5.74) is 0. The van der Waals surface area contributed by atoms with Crippen LogP contribution in [-0.2, 0) is 0 Å². The first-order valence-corrected chi connectivity index (χ1v) is 4.61. The molecule has 0 radical (unpaired) electrons. The number of amides is 1. The number of nitrogens with one attached hydrogen (secondary N) is 1. The van der Waals surface area contributed by atoms with Crippen molar-refractivity contribution in [1.29, 1.82) is 0 Å². The molecule has 68 valence electrons. The van der Waals surface area contributed by atoms with Gasteiger partial charge in [0.25, 0.3) is 5.91 Å². The van der Waals surface area contributed by atoms with Gasteiger partial charge in [-0.25, -0.2) is 0 Å².